The molecule has 0 atom stereocenters. The number of aromatic carboxylic acids is 1. The Morgan fingerprint density at radius 2 is 1.85 bits per heavy atom. The number of carbonyl (C=O) groups is 2. The average molecular weight is 366 g/mol. The van der Waals surface area contributed by atoms with Crippen LogP contribution in [-0.4, -0.2) is 27.7 Å². The number of hydrogen-bond donors (Lipinski definition) is 2. The van der Waals surface area contributed by atoms with Gasteiger partial charge in [-0.1, -0.05) is 42.1 Å². The van der Waals surface area contributed by atoms with Crippen LogP contribution in [0.5, 0.6) is 0 Å². The molecule has 0 bridgehead atoms. The minimum atomic E-state index is -0.963. The topological polar surface area (TPSA) is 79.3 Å². The van der Waals surface area contributed by atoms with Crippen molar-refractivity contribution >= 4 is 34.5 Å². The summed E-state index contributed by atoms with van der Waals surface area (Å²) < 4.78 is 0. The number of hydrogen-bond acceptors (Lipinski definition) is 4. The highest BCUT2D eigenvalue weighted by Crippen LogP contribution is 2.23. The molecule has 2 N–H and O–H groups in total. The summed E-state index contributed by atoms with van der Waals surface area (Å²) in [5.74, 6) is -0.780. The number of carboxylic acids is 1. The second kappa shape index (κ2) is 8.01. The zero-order valence-electron chi connectivity index (χ0n) is 14.2. The average Bonchev–Trinajstić information content (AvgIpc) is 2.65. The zero-order chi connectivity index (χ0) is 18.5. The fourth-order valence-electron chi connectivity index (χ4n) is 2.55. The first-order valence-corrected chi connectivity index (χ1v) is 9.09. The van der Waals surface area contributed by atoms with Crippen molar-refractivity contribution in [1.82, 2.24) is 10.3 Å². The maximum atomic E-state index is 12.1. The van der Waals surface area contributed by atoms with Crippen molar-refractivity contribution in [3.63, 3.8) is 0 Å². The van der Waals surface area contributed by atoms with Crippen LogP contribution < -0.4 is 5.32 Å². The lowest BCUT2D eigenvalue weighted by atomic mass is 10.1. The third-order valence-electron chi connectivity index (χ3n) is 3.94. The highest BCUT2D eigenvalue weighted by molar-refractivity contribution is 7.99. The lowest BCUT2D eigenvalue weighted by Crippen LogP contribution is -2.24. The van der Waals surface area contributed by atoms with Crippen molar-refractivity contribution in [1.29, 1.82) is 0 Å². The Morgan fingerprint density at radius 3 is 2.58 bits per heavy atom. The molecule has 0 saturated heterocycles. The minimum Gasteiger partial charge on any atom is -0.478 e. The number of nitrogens with zero attached hydrogens (tertiary/aromatic N) is 1. The van der Waals surface area contributed by atoms with Crippen LogP contribution in [0, 0.1) is 6.92 Å². The molecular weight excluding hydrogens is 348 g/mol. The molecule has 0 aliphatic heterocycles. The summed E-state index contributed by atoms with van der Waals surface area (Å²) in [6, 6.07) is 16.4. The quantitative estimate of drug-likeness (QED) is 0.651. The molecule has 1 amide bonds. The number of aryl methyl sites for hydroxylation is 1. The van der Waals surface area contributed by atoms with Crippen molar-refractivity contribution in [2.24, 2.45) is 0 Å². The number of rotatable bonds is 6. The molecule has 1 heterocycles. The van der Waals surface area contributed by atoms with Crippen LogP contribution >= 0.6 is 11.8 Å². The number of aromatic nitrogens is 1. The Bertz CT molecular complexity index is 955. The van der Waals surface area contributed by atoms with E-state index < -0.39 is 5.97 Å². The van der Waals surface area contributed by atoms with E-state index in [0.717, 1.165) is 27.1 Å². The molecule has 0 aliphatic rings. The first-order chi connectivity index (χ1) is 12.5. The summed E-state index contributed by atoms with van der Waals surface area (Å²) in [6.45, 7) is 2.40. The molecule has 1 aromatic heterocycles. The first kappa shape index (κ1) is 17.9. The van der Waals surface area contributed by atoms with Gasteiger partial charge in [0.15, 0.2) is 0 Å². The molecule has 3 aromatic rings. The monoisotopic (exact) mass is 366 g/mol. The largest absolute Gasteiger partial charge is 0.478 e. The van der Waals surface area contributed by atoms with Gasteiger partial charge in [-0.05, 0) is 42.3 Å². The van der Waals surface area contributed by atoms with Crippen molar-refractivity contribution in [3.05, 3.63) is 71.3 Å². The summed E-state index contributed by atoms with van der Waals surface area (Å²) in [5.41, 5.74) is 3.15. The van der Waals surface area contributed by atoms with Crippen molar-refractivity contribution in [2.45, 2.75) is 18.5 Å². The summed E-state index contributed by atoms with van der Waals surface area (Å²) in [6.07, 6.45) is 0. The van der Waals surface area contributed by atoms with Crippen LogP contribution in [0.15, 0.2) is 59.6 Å². The third-order valence-corrected chi connectivity index (χ3v) is 4.85. The molecule has 0 radical (unpaired) electrons. The highest BCUT2D eigenvalue weighted by atomic mass is 32.2. The Morgan fingerprint density at radius 1 is 1.12 bits per heavy atom. The maximum Gasteiger partial charge on any atom is 0.335 e. The molecule has 0 unspecified atom stereocenters. The van der Waals surface area contributed by atoms with Gasteiger partial charge in [0.25, 0.3) is 0 Å². The van der Waals surface area contributed by atoms with Crippen LogP contribution in [0.25, 0.3) is 10.9 Å². The predicted molar refractivity (Wildman–Crippen MR) is 102 cm³/mol. The molecule has 132 valence electrons. The molecule has 2 aromatic carbocycles. The number of fused-ring (bicyclic) bond motifs is 1. The van der Waals surface area contributed by atoms with Gasteiger partial charge in [0.2, 0.25) is 5.91 Å². The lowest BCUT2D eigenvalue weighted by molar-refractivity contribution is -0.118. The lowest BCUT2D eigenvalue weighted by Gasteiger charge is -2.07. The van der Waals surface area contributed by atoms with E-state index in [0.29, 0.717) is 6.54 Å². The van der Waals surface area contributed by atoms with E-state index in [1.807, 2.05) is 37.3 Å². The first-order valence-electron chi connectivity index (χ1n) is 8.11. The van der Waals surface area contributed by atoms with Gasteiger partial charge in [0, 0.05) is 11.9 Å². The molecule has 26 heavy (non-hydrogen) atoms. The smallest absolute Gasteiger partial charge is 0.335 e. The van der Waals surface area contributed by atoms with Gasteiger partial charge < -0.3 is 10.4 Å². The van der Waals surface area contributed by atoms with Crippen LogP contribution in [0.1, 0.15) is 21.5 Å². The second-order valence-corrected chi connectivity index (χ2v) is 6.86. The maximum absolute atomic E-state index is 12.1. The number of benzene rings is 2. The molecule has 0 fully saturated rings. The van der Waals surface area contributed by atoms with Gasteiger partial charge in [0.05, 0.1) is 21.9 Å². The number of carbonyl (C=O) groups excluding carboxylic acids is 1. The van der Waals surface area contributed by atoms with E-state index in [1.54, 1.807) is 12.1 Å². The van der Waals surface area contributed by atoms with Crippen molar-refractivity contribution < 1.29 is 14.7 Å². The zero-order valence-corrected chi connectivity index (χ0v) is 15.0. The van der Waals surface area contributed by atoms with Crippen molar-refractivity contribution in [3.8, 4) is 0 Å². The van der Waals surface area contributed by atoms with Crippen LogP contribution in [-0.2, 0) is 11.3 Å². The fourth-order valence-corrected chi connectivity index (χ4v) is 3.35. The van der Waals surface area contributed by atoms with Crippen molar-refractivity contribution in [2.75, 3.05) is 5.75 Å². The van der Waals surface area contributed by atoms with E-state index in [-0.39, 0.29) is 17.2 Å². The summed E-state index contributed by atoms with van der Waals surface area (Å²) in [7, 11) is 0. The Balaban J connectivity index is 1.55. The number of para-hydroxylation sites is 1. The number of pyridine rings is 1. The minimum absolute atomic E-state index is 0.0927. The molecule has 6 heteroatoms. The van der Waals surface area contributed by atoms with Gasteiger partial charge >= 0.3 is 5.97 Å². The summed E-state index contributed by atoms with van der Waals surface area (Å²) >= 11 is 1.40. The molecular formula is C20H18N2O3S. The number of thioether (sulfide) groups is 1. The van der Waals surface area contributed by atoms with E-state index >= 15 is 0 Å². The molecule has 0 saturated carbocycles. The summed E-state index contributed by atoms with van der Waals surface area (Å²) in [4.78, 5) is 27.5. The van der Waals surface area contributed by atoms with Gasteiger partial charge in [0.1, 0.15) is 0 Å². The van der Waals surface area contributed by atoms with Crippen LogP contribution in [0.3, 0.4) is 0 Å². The van der Waals surface area contributed by atoms with Gasteiger partial charge in [-0.15, -0.1) is 0 Å². The normalized spacial score (nSPS) is 10.7. The van der Waals surface area contributed by atoms with Crippen LogP contribution in [0.4, 0.5) is 0 Å². The van der Waals surface area contributed by atoms with E-state index in [4.69, 9.17) is 5.11 Å². The predicted octanol–water partition coefficient (Wildman–Crippen LogP) is 3.65. The second-order valence-electron chi connectivity index (χ2n) is 5.86. The molecule has 5 nitrogen and oxygen atoms in total. The van der Waals surface area contributed by atoms with Gasteiger partial charge in [-0.25, -0.2) is 9.78 Å². The number of carboxylic acid groups (broad SMARTS) is 1. The Hall–Kier alpha value is -2.86. The Labute approximate surface area is 155 Å². The number of amides is 1. The van der Waals surface area contributed by atoms with E-state index in [2.05, 4.69) is 10.3 Å². The van der Waals surface area contributed by atoms with Crippen LogP contribution in [0.2, 0.25) is 0 Å². The standard InChI is InChI=1S/C20H18N2O3S/c1-13-10-19(22-17-5-3-2-4-16(13)17)26-12-18(23)21-11-14-6-8-15(9-7-14)20(24)25/h2-10H,11-12H2,1H3,(H,21,23)(H,24,25). The summed E-state index contributed by atoms with van der Waals surface area (Å²) in [5, 5.41) is 13.7. The van der Waals surface area contributed by atoms with E-state index in [1.165, 1.54) is 23.9 Å². The fraction of sp³-hybridized carbons (Fsp3) is 0.150. The number of nitrogens with one attached hydrogen (secondary N) is 1. The molecule has 3 rings (SSSR count). The van der Waals surface area contributed by atoms with Gasteiger partial charge in [-0.2, -0.15) is 0 Å². The molecule has 0 spiro atoms. The molecule has 0 aliphatic carbocycles. The SMILES string of the molecule is Cc1cc(SCC(=O)NCc2ccc(C(=O)O)cc2)nc2ccccc12. The Kier molecular flexibility index (Phi) is 5.53. The van der Waals surface area contributed by atoms with Gasteiger partial charge in [-0.3, -0.25) is 4.79 Å². The third kappa shape index (κ3) is 4.40. The van der Waals surface area contributed by atoms with E-state index in [9.17, 15) is 9.59 Å². The highest BCUT2D eigenvalue weighted by Gasteiger charge is 2.07.